The van der Waals surface area contributed by atoms with E-state index in [4.69, 9.17) is 0 Å². The standard InChI is InChI=1S/C37H59N7O6/c1-7-13-27(31(46)35(49)41-23(3)8-2)42-29(45)20-25-16-12-17-26(25)21-40-36(50)32(37(4,5)6)44-34(48)30(24-14-10-9-11-15-24)43-33(47)28-22-38-18-19-39-28/h18-19,22-27,30,32H,7-17,20-21H2,1-6H3,(H,40,50)(H,41,49)(H,42,45)(H,43,47)(H,44,48)/t23-,25+,26-,27?,30+,32+/m0/s1. The molecule has 2 aliphatic rings. The lowest BCUT2D eigenvalue weighted by Crippen LogP contribution is -2.60. The van der Waals surface area contributed by atoms with Crippen LogP contribution in [0, 0.1) is 23.2 Å². The number of nitrogens with zero attached hydrogens (tertiary/aromatic N) is 2. The van der Waals surface area contributed by atoms with Gasteiger partial charge >= 0.3 is 0 Å². The van der Waals surface area contributed by atoms with Gasteiger partial charge in [0.2, 0.25) is 23.5 Å². The number of amides is 5. The minimum Gasteiger partial charge on any atom is -0.354 e. The summed E-state index contributed by atoms with van der Waals surface area (Å²) in [5.74, 6) is -2.86. The van der Waals surface area contributed by atoms with Crippen molar-refractivity contribution in [1.82, 2.24) is 36.6 Å². The molecule has 13 heteroatoms. The van der Waals surface area contributed by atoms with Crippen LogP contribution in [0.5, 0.6) is 0 Å². The van der Waals surface area contributed by atoms with Crippen LogP contribution in [0.15, 0.2) is 18.6 Å². The first-order chi connectivity index (χ1) is 23.7. The highest BCUT2D eigenvalue weighted by molar-refractivity contribution is 6.38. The molecule has 13 nitrogen and oxygen atoms in total. The lowest BCUT2D eigenvalue weighted by molar-refractivity contribution is -0.140. The fourth-order valence-electron chi connectivity index (χ4n) is 6.99. The molecule has 2 fully saturated rings. The maximum atomic E-state index is 13.9. The summed E-state index contributed by atoms with van der Waals surface area (Å²) in [7, 11) is 0. The first-order valence-corrected chi connectivity index (χ1v) is 18.5. The van der Waals surface area contributed by atoms with Crippen molar-refractivity contribution in [3.8, 4) is 0 Å². The summed E-state index contributed by atoms with van der Waals surface area (Å²) in [5, 5.41) is 14.4. The summed E-state index contributed by atoms with van der Waals surface area (Å²) in [4.78, 5) is 87.1. The minimum absolute atomic E-state index is 0.00345. The molecule has 0 aliphatic heterocycles. The lowest BCUT2D eigenvalue weighted by atomic mass is 9.82. The highest BCUT2D eigenvalue weighted by Crippen LogP contribution is 2.34. The van der Waals surface area contributed by atoms with Crippen molar-refractivity contribution >= 4 is 35.3 Å². The highest BCUT2D eigenvalue weighted by atomic mass is 16.2. The topological polar surface area (TPSA) is 188 Å². The van der Waals surface area contributed by atoms with Crippen molar-refractivity contribution in [2.24, 2.45) is 23.2 Å². The van der Waals surface area contributed by atoms with E-state index in [2.05, 4.69) is 36.6 Å². The minimum atomic E-state index is -0.880. The van der Waals surface area contributed by atoms with Crippen molar-refractivity contribution < 1.29 is 28.8 Å². The molecule has 2 saturated carbocycles. The Bertz CT molecular complexity index is 1310. The molecule has 278 valence electrons. The number of hydrogen-bond acceptors (Lipinski definition) is 8. The molecular weight excluding hydrogens is 638 g/mol. The molecular formula is C37H59N7O6. The van der Waals surface area contributed by atoms with Gasteiger partial charge in [0.05, 0.1) is 12.2 Å². The molecule has 50 heavy (non-hydrogen) atoms. The molecule has 1 aromatic heterocycles. The maximum absolute atomic E-state index is 13.9. The summed E-state index contributed by atoms with van der Waals surface area (Å²) >= 11 is 0. The number of carbonyl (C=O) groups is 6. The van der Waals surface area contributed by atoms with E-state index in [9.17, 15) is 28.8 Å². The van der Waals surface area contributed by atoms with Gasteiger partial charge in [-0.3, -0.25) is 33.8 Å². The Hall–Kier alpha value is -3.90. The van der Waals surface area contributed by atoms with Gasteiger partial charge in [-0.25, -0.2) is 4.98 Å². The zero-order valence-corrected chi connectivity index (χ0v) is 30.8. The van der Waals surface area contributed by atoms with E-state index in [1.807, 2.05) is 41.5 Å². The van der Waals surface area contributed by atoms with E-state index in [1.54, 1.807) is 0 Å². The lowest BCUT2D eigenvalue weighted by Gasteiger charge is -2.35. The van der Waals surface area contributed by atoms with Crippen LogP contribution in [0.2, 0.25) is 0 Å². The van der Waals surface area contributed by atoms with Gasteiger partial charge in [0.25, 0.3) is 11.8 Å². The SMILES string of the molecule is CCCC(NC(=O)C[C@H]1CCC[C@H]1CNC(=O)[C@@H](NC(=O)[C@H](NC(=O)c1cnccn1)C1CCCCC1)C(C)(C)C)C(=O)C(=O)N[C@@H](C)CC. The fraction of sp³-hybridized carbons (Fsp3) is 0.730. The molecule has 0 radical (unpaired) electrons. The van der Waals surface area contributed by atoms with E-state index in [0.29, 0.717) is 25.8 Å². The van der Waals surface area contributed by atoms with Crippen LogP contribution in [0.3, 0.4) is 0 Å². The van der Waals surface area contributed by atoms with Crippen LogP contribution in [0.25, 0.3) is 0 Å². The molecule has 0 aromatic carbocycles. The Balaban J connectivity index is 1.63. The van der Waals surface area contributed by atoms with Gasteiger partial charge in [-0.1, -0.05) is 66.7 Å². The third kappa shape index (κ3) is 12.2. The van der Waals surface area contributed by atoms with Crippen LogP contribution in [-0.4, -0.2) is 76.0 Å². The van der Waals surface area contributed by atoms with Crippen LogP contribution in [0.1, 0.15) is 129 Å². The molecule has 0 bridgehead atoms. The number of rotatable bonds is 17. The number of hydrogen-bond donors (Lipinski definition) is 5. The van der Waals surface area contributed by atoms with Gasteiger partial charge in [-0.05, 0) is 68.6 Å². The molecule has 0 spiro atoms. The van der Waals surface area contributed by atoms with E-state index in [-0.39, 0.29) is 47.7 Å². The molecule has 3 rings (SSSR count). The van der Waals surface area contributed by atoms with Gasteiger partial charge in [0.15, 0.2) is 0 Å². The normalized spacial score (nSPS) is 20.4. The maximum Gasteiger partial charge on any atom is 0.289 e. The Morgan fingerprint density at radius 1 is 0.840 bits per heavy atom. The second kappa shape index (κ2) is 19.5. The molecule has 0 saturated heterocycles. The molecule has 5 amide bonds. The second-order valence-corrected chi connectivity index (χ2v) is 15.2. The van der Waals surface area contributed by atoms with Crippen LogP contribution >= 0.6 is 0 Å². The molecule has 6 atom stereocenters. The van der Waals surface area contributed by atoms with Gasteiger partial charge in [0, 0.05) is 31.4 Å². The Morgan fingerprint density at radius 2 is 1.54 bits per heavy atom. The molecule has 1 aromatic rings. The molecule has 1 unspecified atom stereocenters. The Labute approximate surface area is 297 Å². The predicted molar refractivity (Wildman–Crippen MR) is 189 cm³/mol. The van der Waals surface area contributed by atoms with Crippen molar-refractivity contribution in [3.05, 3.63) is 24.3 Å². The summed E-state index contributed by atoms with van der Waals surface area (Å²) in [6, 6.07) is -2.72. The first kappa shape index (κ1) is 40.5. The van der Waals surface area contributed by atoms with Crippen molar-refractivity contribution in [3.63, 3.8) is 0 Å². The predicted octanol–water partition coefficient (Wildman–Crippen LogP) is 3.38. The third-order valence-electron chi connectivity index (χ3n) is 10.1. The van der Waals surface area contributed by atoms with E-state index >= 15 is 0 Å². The number of aromatic nitrogens is 2. The molecule has 1 heterocycles. The number of Topliss-reactive ketones (excluding diaryl/α,β-unsaturated/α-hetero) is 1. The third-order valence-corrected chi connectivity index (χ3v) is 10.1. The van der Waals surface area contributed by atoms with Crippen LogP contribution in [0.4, 0.5) is 0 Å². The monoisotopic (exact) mass is 697 g/mol. The van der Waals surface area contributed by atoms with Gasteiger partial charge in [-0.2, -0.15) is 0 Å². The van der Waals surface area contributed by atoms with Crippen molar-refractivity contribution in [2.45, 2.75) is 143 Å². The summed E-state index contributed by atoms with van der Waals surface area (Å²) in [6.07, 6.45) is 13.3. The van der Waals surface area contributed by atoms with Crippen molar-refractivity contribution in [2.75, 3.05) is 6.54 Å². The summed E-state index contributed by atoms with van der Waals surface area (Å²) < 4.78 is 0. The van der Waals surface area contributed by atoms with Gasteiger partial charge in [-0.15, -0.1) is 0 Å². The smallest absolute Gasteiger partial charge is 0.289 e. The Kier molecular flexibility index (Phi) is 15.8. The fourth-order valence-corrected chi connectivity index (χ4v) is 6.99. The first-order valence-electron chi connectivity index (χ1n) is 18.5. The average molecular weight is 698 g/mol. The number of carbonyl (C=O) groups excluding carboxylic acids is 6. The van der Waals surface area contributed by atoms with Crippen molar-refractivity contribution in [1.29, 1.82) is 0 Å². The quantitative estimate of drug-likeness (QED) is 0.153. The highest BCUT2D eigenvalue weighted by Gasteiger charge is 2.39. The number of nitrogens with one attached hydrogen (secondary N) is 5. The zero-order valence-electron chi connectivity index (χ0n) is 30.8. The number of ketones is 1. The largest absolute Gasteiger partial charge is 0.354 e. The van der Waals surface area contributed by atoms with Gasteiger partial charge < -0.3 is 26.6 Å². The summed E-state index contributed by atoms with van der Waals surface area (Å²) in [6.45, 7) is 11.6. The van der Waals surface area contributed by atoms with Gasteiger partial charge in [0.1, 0.15) is 17.8 Å². The summed E-state index contributed by atoms with van der Waals surface area (Å²) in [5.41, 5.74) is -0.520. The van der Waals surface area contributed by atoms with E-state index < -0.39 is 47.0 Å². The zero-order chi connectivity index (χ0) is 36.8. The average Bonchev–Trinajstić information content (AvgIpc) is 3.54. The Morgan fingerprint density at radius 3 is 2.16 bits per heavy atom. The molecule has 2 aliphatic carbocycles. The van der Waals surface area contributed by atoms with E-state index in [0.717, 1.165) is 51.4 Å². The van der Waals surface area contributed by atoms with Crippen LogP contribution in [-0.2, 0) is 24.0 Å². The second-order valence-electron chi connectivity index (χ2n) is 15.2. The van der Waals surface area contributed by atoms with Crippen LogP contribution < -0.4 is 26.6 Å². The molecule has 5 N–H and O–H groups in total. The van der Waals surface area contributed by atoms with E-state index in [1.165, 1.54) is 18.6 Å².